The molecule has 9 heteroatoms. The number of nitrogens with one attached hydrogen (secondary N) is 1. The van der Waals surface area contributed by atoms with E-state index in [9.17, 15) is 14.4 Å². The minimum atomic E-state index is -0.549. The van der Waals surface area contributed by atoms with Crippen LogP contribution < -0.4 is 21.2 Å². The first-order valence-corrected chi connectivity index (χ1v) is 10.3. The Morgan fingerprint density at radius 1 is 1.23 bits per heavy atom. The highest BCUT2D eigenvalue weighted by Crippen LogP contribution is 2.46. The zero-order valence-corrected chi connectivity index (χ0v) is 18.3. The van der Waals surface area contributed by atoms with Gasteiger partial charge in [-0.1, -0.05) is 32.0 Å². The molecule has 0 aliphatic carbocycles. The van der Waals surface area contributed by atoms with Crippen molar-refractivity contribution in [2.45, 2.75) is 31.6 Å². The number of fused-ring (bicyclic) bond motifs is 2. The van der Waals surface area contributed by atoms with Crippen LogP contribution >= 0.6 is 12.6 Å². The summed E-state index contributed by atoms with van der Waals surface area (Å²) in [6, 6.07) is 8.10. The topological polar surface area (TPSA) is 96.8 Å². The Balaban J connectivity index is 1.89. The van der Waals surface area contributed by atoms with Gasteiger partial charge in [-0.25, -0.2) is 0 Å². The molecule has 0 atom stereocenters. The second-order valence-corrected chi connectivity index (χ2v) is 8.16. The Labute approximate surface area is 183 Å². The van der Waals surface area contributed by atoms with Crippen LogP contribution in [-0.4, -0.2) is 28.1 Å². The van der Waals surface area contributed by atoms with Crippen LogP contribution in [0.25, 0.3) is 11.7 Å². The summed E-state index contributed by atoms with van der Waals surface area (Å²) in [4.78, 5) is 41.1. The number of hydrogen-bond acceptors (Lipinski definition) is 7. The largest absolute Gasteiger partial charge is 0.463 e. The Kier molecular flexibility index (Phi) is 5.22. The number of carbonyl (C=O) groups excluding carboxylic acids is 1. The highest BCUT2D eigenvalue weighted by atomic mass is 32.1. The fourth-order valence-electron chi connectivity index (χ4n) is 4.16. The van der Waals surface area contributed by atoms with Gasteiger partial charge in [0.2, 0.25) is 0 Å². The molecule has 0 bridgehead atoms. The lowest BCUT2D eigenvalue weighted by Crippen LogP contribution is -2.44. The first kappa shape index (κ1) is 20.9. The maximum Gasteiger partial charge on any atom is 0.293 e. The maximum atomic E-state index is 13.0. The van der Waals surface area contributed by atoms with Crippen LogP contribution in [-0.2, 0) is 27.3 Å². The van der Waals surface area contributed by atoms with Crippen molar-refractivity contribution >= 4 is 36.5 Å². The van der Waals surface area contributed by atoms with Crippen molar-refractivity contribution in [2.24, 2.45) is 0 Å². The standard InChI is InChI=1S/C22H22N4O4S/c1-22(2)15-6-4-5-7-17(15)25(3)18(22)9-8-13-20(28)23-19-14(10-30-12-27)16(11-31)24-26(19)21(13)29/h4-9,12,31H,10-11H2,1-3H3,(H,23,28). The lowest BCUT2D eigenvalue weighted by Gasteiger charge is -2.23. The van der Waals surface area contributed by atoms with Gasteiger partial charge in [0.15, 0.2) is 0 Å². The van der Waals surface area contributed by atoms with Gasteiger partial charge in [0.25, 0.3) is 17.6 Å². The number of allylic oxidation sites excluding steroid dienone is 2. The Hall–Kier alpha value is -3.33. The summed E-state index contributed by atoms with van der Waals surface area (Å²) in [5.74, 6) is 0.223. The molecule has 2 aromatic heterocycles. The first-order chi connectivity index (χ1) is 14.8. The summed E-state index contributed by atoms with van der Waals surface area (Å²) in [6.07, 6.45) is 3.33. The fourth-order valence-corrected chi connectivity index (χ4v) is 4.42. The maximum absolute atomic E-state index is 13.0. The summed E-state index contributed by atoms with van der Waals surface area (Å²) in [6.45, 7) is 4.40. The molecule has 1 aromatic carbocycles. The number of nitrogens with zero attached hydrogens (tertiary/aromatic N) is 3. The molecule has 0 fully saturated rings. The van der Waals surface area contributed by atoms with E-state index in [-0.39, 0.29) is 28.6 Å². The van der Waals surface area contributed by atoms with E-state index in [0.717, 1.165) is 15.9 Å². The number of rotatable bonds is 5. The number of carbonyl (C=O) groups is 1. The van der Waals surface area contributed by atoms with E-state index in [2.05, 4.69) is 47.5 Å². The van der Waals surface area contributed by atoms with Crippen LogP contribution in [0.2, 0.25) is 0 Å². The highest BCUT2D eigenvalue weighted by Gasteiger charge is 2.37. The lowest BCUT2D eigenvalue weighted by atomic mass is 9.84. The van der Waals surface area contributed by atoms with Gasteiger partial charge in [0, 0.05) is 29.6 Å². The summed E-state index contributed by atoms with van der Waals surface area (Å²) in [7, 11) is 1.96. The predicted octanol–water partition coefficient (Wildman–Crippen LogP) is 1.30. The molecule has 0 spiro atoms. The third kappa shape index (κ3) is 3.25. The van der Waals surface area contributed by atoms with E-state index >= 15 is 0 Å². The van der Waals surface area contributed by atoms with Gasteiger partial charge >= 0.3 is 0 Å². The minimum absolute atomic E-state index is 0.0313. The summed E-state index contributed by atoms with van der Waals surface area (Å²) >= 11 is 4.22. The second-order valence-electron chi connectivity index (χ2n) is 7.84. The van der Waals surface area contributed by atoms with Crippen molar-refractivity contribution in [1.29, 1.82) is 0 Å². The predicted molar refractivity (Wildman–Crippen MR) is 121 cm³/mol. The van der Waals surface area contributed by atoms with E-state index in [1.807, 2.05) is 25.2 Å². The van der Waals surface area contributed by atoms with Crippen LogP contribution in [0.15, 0.2) is 45.6 Å². The lowest BCUT2D eigenvalue weighted by molar-refractivity contribution is -0.129. The Bertz CT molecular complexity index is 1390. The Morgan fingerprint density at radius 3 is 2.65 bits per heavy atom. The molecule has 4 rings (SSSR count). The number of thiol groups is 1. The van der Waals surface area contributed by atoms with Crippen LogP contribution in [0.3, 0.4) is 0 Å². The number of anilines is 1. The molecular weight excluding hydrogens is 416 g/mol. The molecule has 0 saturated heterocycles. The SMILES string of the molecule is CN1C(=CC=c2c(=O)[nH]c3c(COC=O)c(CS)nn3c2=O)C(C)(C)c2ccccc21. The minimum Gasteiger partial charge on any atom is -0.463 e. The van der Waals surface area contributed by atoms with Crippen molar-refractivity contribution in [3.63, 3.8) is 0 Å². The molecule has 160 valence electrons. The third-order valence-electron chi connectivity index (χ3n) is 5.76. The molecule has 31 heavy (non-hydrogen) atoms. The van der Waals surface area contributed by atoms with Crippen molar-refractivity contribution in [2.75, 3.05) is 11.9 Å². The molecule has 0 radical (unpaired) electrons. The van der Waals surface area contributed by atoms with Crippen LogP contribution in [0.4, 0.5) is 5.69 Å². The van der Waals surface area contributed by atoms with E-state index in [1.54, 1.807) is 6.08 Å². The van der Waals surface area contributed by atoms with Crippen LogP contribution in [0.1, 0.15) is 30.7 Å². The summed E-state index contributed by atoms with van der Waals surface area (Å²) in [5, 5.41) is 4.22. The molecule has 0 unspecified atom stereocenters. The number of aromatic amines is 1. The van der Waals surface area contributed by atoms with Gasteiger partial charge in [-0.3, -0.25) is 14.4 Å². The molecule has 3 aromatic rings. The first-order valence-electron chi connectivity index (χ1n) is 9.69. The van der Waals surface area contributed by atoms with E-state index in [1.165, 1.54) is 11.6 Å². The fraction of sp³-hybridized carbons (Fsp3) is 0.273. The normalized spacial score (nSPS) is 16.8. The number of likely N-dealkylation sites (N-methyl/N-ethyl adjacent to an activating group) is 1. The second kappa shape index (κ2) is 7.73. The quantitative estimate of drug-likeness (QED) is 0.460. The van der Waals surface area contributed by atoms with Crippen molar-refractivity contribution in [1.82, 2.24) is 14.6 Å². The highest BCUT2D eigenvalue weighted by molar-refractivity contribution is 7.79. The van der Waals surface area contributed by atoms with Gasteiger partial charge in [0.1, 0.15) is 17.5 Å². The number of aromatic nitrogens is 3. The number of H-pyrrole nitrogens is 1. The number of ether oxygens (including phenoxy) is 1. The Morgan fingerprint density at radius 2 is 1.97 bits per heavy atom. The van der Waals surface area contributed by atoms with Crippen LogP contribution in [0.5, 0.6) is 0 Å². The average Bonchev–Trinajstić information content (AvgIpc) is 3.19. The number of hydrogen-bond donors (Lipinski definition) is 2. The average molecular weight is 439 g/mol. The van der Waals surface area contributed by atoms with Gasteiger partial charge in [-0.05, 0) is 23.8 Å². The zero-order valence-electron chi connectivity index (χ0n) is 17.4. The van der Waals surface area contributed by atoms with E-state index < -0.39 is 11.1 Å². The van der Waals surface area contributed by atoms with E-state index in [0.29, 0.717) is 17.7 Å². The van der Waals surface area contributed by atoms with Crippen molar-refractivity contribution < 1.29 is 9.53 Å². The zero-order chi connectivity index (χ0) is 22.3. The molecular formula is C22H22N4O4S. The van der Waals surface area contributed by atoms with E-state index in [4.69, 9.17) is 4.74 Å². The monoisotopic (exact) mass is 438 g/mol. The van der Waals surface area contributed by atoms with Gasteiger partial charge in [0.05, 0.1) is 11.3 Å². The third-order valence-corrected chi connectivity index (χ3v) is 6.06. The summed E-state index contributed by atoms with van der Waals surface area (Å²) in [5.41, 5.74) is 2.97. The van der Waals surface area contributed by atoms with Crippen molar-refractivity contribution in [3.8, 4) is 0 Å². The molecule has 1 aliphatic rings. The van der Waals surface area contributed by atoms with Crippen LogP contribution in [0, 0.1) is 0 Å². The van der Waals surface area contributed by atoms with Gasteiger partial charge in [-0.15, -0.1) is 0 Å². The molecule has 3 heterocycles. The van der Waals surface area contributed by atoms with Gasteiger partial charge < -0.3 is 14.6 Å². The summed E-state index contributed by atoms with van der Waals surface area (Å²) < 4.78 is 5.93. The number of benzene rings is 1. The smallest absolute Gasteiger partial charge is 0.293 e. The molecule has 0 saturated carbocycles. The molecule has 8 nitrogen and oxygen atoms in total. The molecule has 0 amide bonds. The number of para-hydroxylation sites is 1. The molecule has 1 N–H and O–H groups in total. The van der Waals surface area contributed by atoms with Gasteiger partial charge in [-0.2, -0.15) is 22.2 Å². The molecule has 1 aliphatic heterocycles. The van der Waals surface area contributed by atoms with Crippen molar-refractivity contribution in [3.05, 3.63) is 78.8 Å².